The van der Waals surface area contributed by atoms with E-state index in [2.05, 4.69) is 20.8 Å². The number of aromatic nitrogens is 1. The maximum Gasteiger partial charge on any atom is 0.255 e. The molecule has 1 aromatic heterocycles. The van der Waals surface area contributed by atoms with Gasteiger partial charge in [0.1, 0.15) is 0 Å². The highest BCUT2D eigenvalue weighted by molar-refractivity contribution is 5.23. The molecule has 0 unspecified atom stereocenters. The first-order valence-electron chi connectivity index (χ1n) is 6.51. The molecule has 0 spiro atoms. The number of methoxy groups -OCH3 is 1. The molecule has 0 aromatic carbocycles. The Bertz CT molecular complexity index is 518. The molecule has 1 heterocycles. The molecule has 0 fully saturated rings. The minimum Gasteiger partial charge on any atom is -0.385 e. The first kappa shape index (κ1) is 15.5. The third kappa shape index (κ3) is 3.93. The van der Waals surface area contributed by atoms with E-state index in [1.54, 1.807) is 17.7 Å². The SMILES string of the molecule is COCCCn1c(C(C)(C)C)ccc(CC#N)c1=O. The van der Waals surface area contributed by atoms with E-state index < -0.39 is 0 Å². The van der Waals surface area contributed by atoms with E-state index in [1.807, 2.05) is 12.1 Å². The third-order valence-electron chi connectivity index (χ3n) is 3.02. The van der Waals surface area contributed by atoms with Gasteiger partial charge in [-0.05, 0) is 12.5 Å². The lowest BCUT2D eigenvalue weighted by molar-refractivity contribution is 0.189. The van der Waals surface area contributed by atoms with Crippen LogP contribution >= 0.6 is 0 Å². The molecule has 4 nitrogen and oxygen atoms in total. The maximum atomic E-state index is 12.4. The minimum absolute atomic E-state index is 0.0509. The van der Waals surface area contributed by atoms with Crippen LogP contribution in [0, 0.1) is 11.3 Å². The van der Waals surface area contributed by atoms with Crippen molar-refractivity contribution in [2.75, 3.05) is 13.7 Å². The summed E-state index contributed by atoms with van der Waals surface area (Å²) in [5, 5.41) is 8.76. The van der Waals surface area contributed by atoms with E-state index in [1.165, 1.54) is 0 Å². The van der Waals surface area contributed by atoms with E-state index in [4.69, 9.17) is 10.00 Å². The van der Waals surface area contributed by atoms with Crippen molar-refractivity contribution in [3.05, 3.63) is 33.7 Å². The smallest absolute Gasteiger partial charge is 0.255 e. The molecule has 0 radical (unpaired) electrons. The maximum absolute atomic E-state index is 12.4. The van der Waals surface area contributed by atoms with Gasteiger partial charge >= 0.3 is 0 Å². The fraction of sp³-hybridized carbons (Fsp3) is 0.600. The summed E-state index contributed by atoms with van der Waals surface area (Å²) in [6, 6.07) is 5.78. The predicted molar refractivity (Wildman–Crippen MR) is 75.2 cm³/mol. The first-order valence-corrected chi connectivity index (χ1v) is 6.51. The summed E-state index contributed by atoms with van der Waals surface area (Å²) < 4.78 is 6.82. The van der Waals surface area contributed by atoms with Crippen LogP contribution in [-0.4, -0.2) is 18.3 Å². The second-order valence-electron chi connectivity index (χ2n) is 5.63. The van der Waals surface area contributed by atoms with Gasteiger partial charge in [-0.2, -0.15) is 5.26 Å². The molecule has 0 aliphatic heterocycles. The molecule has 0 N–H and O–H groups in total. The lowest BCUT2D eigenvalue weighted by Crippen LogP contribution is -2.32. The summed E-state index contributed by atoms with van der Waals surface area (Å²) in [5.41, 5.74) is 1.41. The average Bonchev–Trinajstić information content (AvgIpc) is 2.32. The third-order valence-corrected chi connectivity index (χ3v) is 3.02. The van der Waals surface area contributed by atoms with E-state index in [-0.39, 0.29) is 17.4 Å². The summed E-state index contributed by atoms with van der Waals surface area (Å²) in [6.45, 7) is 7.49. The Balaban J connectivity index is 3.22. The van der Waals surface area contributed by atoms with Crippen molar-refractivity contribution in [2.45, 2.75) is 45.6 Å². The van der Waals surface area contributed by atoms with Gasteiger partial charge in [0.2, 0.25) is 0 Å². The predicted octanol–water partition coefficient (Wildman–Crippen LogP) is 2.25. The molecule has 1 aromatic rings. The van der Waals surface area contributed by atoms with Crippen molar-refractivity contribution in [3.8, 4) is 6.07 Å². The van der Waals surface area contributed by atoms with Gasteiger partial charge in [-0.15, -0.1) is 0 Å². The number of ether oxygens (including phenoxy) is 1. The van der Waals surface area contributed by atoms with Gasteiger partial charge in [0.15, 0.2) is 0 Å². The molecule has 0 bridgehead atoms. The molecular formula is C15H22N2O2. The Morgan fingerprint density at radius 1 is 1.37 bits per heavy atom. The van der Waals surface area contributed by atoms with Crippen molar-refractivity contribution in [1.29, 1.82) is 5.26 Å². The summed E-state index contributed by atoms with van der Waals surface area (Å²) in [6.07, 6.45) is 0.947. The normalized spacial score (nSPS) is 11.3. The van der Waals surface area contributed by atoms with E-state index in [9.17, 15) is 4.79 Å². The van der Waals surface area contributed by atoms with Gasteiger partial charge in [-0.25, -0.2) is 0 Å². The zero-order valence-corrected chi connectivity index (χ0v) is 12.2. The van der Waals surface area contributed by atoms with Crippen LogP contribution in [0.3, 0.4) is 0 Å². The van der Waals surface area contributed by atoms with Crippen molar-refractivity contribution < 1.29 is 4.74 Å². The number of pyridine rings is 1. The van der Waals surface area contributed by atoms with Gasteiger partial charge in [-0.3, -0.25) is 4.79 Å². The zero-order valence-electron chi connectivity index (χ0n) is 12.2. The standard InChI is InChI=1S/C15H22N2O2/c1-15(2,3)13-7-6-12(8-9-16)14(18)17(13)10-5-11-19-4/h6-7H,5,8,10-11H2,1-4H3. The van der Waals surface area contributed by atoms with E-state index in [0.29, 0.717) is 18.7 Å². The molecule has 0 aliphatic carbocycles. The monoisotopic (exact) mass is 262 g/mol. The quantitative estimate of drug-likeness (QED) is 0.765. The number of hydrogen-bond donors (Lipinski definition) is 0. The molecule has 0 saturated carbocycles. The molecule has 0 saturated heterocycles. The van der Waals surface area contributed by atoms with Gasteiger partial charge in [0.05, 0.1) is 12.5 Å². The molecule has 1 rings (SSSR count). The summed E-state index contributed by atoms with van der Waals surface area (Å²) in [7, 11) is 1.65. The van der Waals surface area contributed by atoms with Gasteiger partial charge in [0, 0.05) is 36.9 Å². The van der Waals surface area contributed by atoms with Crippen LogP contribution in [0.2, 0.25) is 0 Å². The fourth-order valence-electron chi connectivity index (χ4n) is 2.09. The largest absolute Gasteiger partial charge is 0.385 e. The van der Waals surface area contributed by atoms with Gasteiger partial charge < -0.3 is 9.30 Å². The molecule has 0 atom stereocenters. The Morgan fingerprint density at radius 2 is 2.05 bits per heavy atom. The van der Waals surface area contributed by atoms with E-state index in [0.717, 1.165) is 12.1 Å². The number of hydrogen-bond acceptors (Lipinski definition) is 3. The second kappa shape index (κ2) is 6.53. The highest BCUT2D eigenvalue weighted by atomic mass is 16.5. The topological polar surface area (TPSA) is 55.0 Å². The van der Waals surface area contributed by atoms with Crippen LogP contribution in [0.4, 0.5) is 0 Å². The number of nitrogens with zero attached hydrogens (tertiary/aromatic N) is 2. The fourth-order valence-corrected chi connectivity index (χ4v) is 2.09. The Labute approximate surface area is 114 Å². The van der Waals surface area contributed by atoms with Crippen molar-refractivity contribution in [1.82, 2.24) is 4.57 Å². The van der Waals surface area contributed by atoms with Crippen molar-refractivity contribution in [3.63, 3.8) is 0 Å². The molecule has 4 heteroatoms. The molecular weight excluding hydrogens is 240 g/mol. The van der Waals surface area contributed by atoms with Crippen molar-refractivity contribution >= 4 is 0 Å². The summed E-state index contributed by atoms with van der Waals surface area (Å²) >= 11 is 0. The average molecular weight is 262 g/mol. The number of rotatable bonds is 5. The van der Waals surface area contributed by atoms with Gasteiger partial charge in [-0.1, -0.05) is 26.8 Å². The van der Waals surface area contributed by atoms with Crippen molar-refractivity contribution in [2.24, 2.45) is 0 Å². The van der Waals surface area contributed by atoms with Crippen LogP contribution in [0.1, 0.15) is 38.4 Å². The highest BCUT2D eigenvalue weighted by Gasteiger charge is 2.19. The van der Waals surface area contributed by atoms with Crippen LogP contribution in [0.25, 0.3) is 0 Å². The lowest BCUT2D eigenvalue weighted by atomic mass is 9.90. The van der Waals surface area contributed by atoms with Crippen LogP contribution < -0.4 is 5.56 Å². The molecule has 0 amide bonds. The molecule has 104 valence electrons. The molecule has 0 aliphatic rings. The van der Waals surface area contributed by atoms with Gasteiger partial charge in [0.25, 0.3) is 5.56 Å². The second-order valence-corrected chi connectivity index (χ2v) is 5.63. The highest BCUT2D eigenvalue weighted by Crippen LogP contribution is 2.21. The summed E-state index contributed by atoms with van der Waals surface area (Å²) in [4.78, 5) is 12.4. The van der Waals surface area contributed by atoms with Crippen LogP contribution in [0.5, 0.6) is 0 Å². The lowest BCUT2D eigenvalue weighted by Gasteiger charge is -2.24. The Kier molecular flexibility index (Phi) is 5.31. The molecule has 19 heavy (non-hydrogen) atoms. The van der Waals surface area contributed by atoms with E-state index >= 15 is 0 Å². The van der Waals surface area contributed by atoms with Crippen LogP contribution in [-0.2, 0) is 23.1 Å². The number of nitriles is 1. The Morgan fingerprint density at radius 3 is 2.58 bits per heavy atom. The first-order chi connectivity index (χ1) is 8.91. The Hall–Kier alpha value is -1.60. The summed E-state index contributed by atoms with van der Waals surface area (Å²) in [5.74, 6) is 0. The zero-order chi connectivity index (χ0) is 14.5. The minimum atomic E-state index is -0.0998. The van der Waals surface area contributed by atoms with Crippen LogP contribution in [0.15, 0.2) is 16.9 Å².